The average Bonchev–Trinajstić information content (AvgIpc) is 2.47. The number of nitrogens with zero attached hydrogens (tertiary/aromatic N) is 1. The number of carbonyl (C=O) groups excluding carboxylic acids is 1. The second-order valence-corrected chi connectivity index (χ2v) is 4.69. The quantitative estimate of drug-likeness (QED) is 0.878. The van der Waals surface area contributed by atoms with Gasteiger partial charge >= 0.3 is 6.03 Å². The number of piperidine rings is 1. The molecule has 19 heavy (non-hydrogen) atoms. The summed E-state index contributed by atoms with van der Waals surface area (Å²) in [7, 11) is 1.59. The van der Waals surface area contributed by atoms with Gasteiger partial charge in [0, 0.05) is 18.3 Å². The van der Waals surface area contributed by atoms with Gasteiger partial charge in [0.2, 0.25) is 0 Å². The number of anilines is 1. The third-order valence-electron chi connectivity index (χ3n) is 3.42. The topological polar surface area (TPSA) is 61.8 Å². The number of ether oxygens (including phenoxy) is 1. The molecule has 1 heterocycles. The first-order valence-electron chi connectivity index (χ1n) is 6.57. The Kier molecular flexibility index (Phi) is 4.63. The van der Waals surface area contributed by atoms with Gasteiger partial charge in [-0.2, -0.15) is 0 Å². The number of aliphatic hydroxyl groups is 1. The van der Waals surface area contributed by atoms with Gasteiger partial charge < -0.3 is 20.1 Å². The van der Waals surface area contributed by atoms with Crippen molar-refractivity contribution in [3.63, 3.8) is 0 Å². The van der Waals surface area contributed by atoms with Crippen LogP contribution in [0.3, 0.4) is 0 Å². The maximum Gasteiger partial charge on any atom is 0.322 e. The highest BCUT2D eigenvalue weighted by Crippen LogP contribution is 2.20. The van der Waals surface area contributed by atoms with Crippen LogP contribution >= 0.6 is 0 Å². The molecule has 0 bridgehead atoms. The Labute approximate surface area is 113 Å². The van der Waals surface area contributed by atoms with Crippen molar-refractivity contribution in [2.24, 2.45) is 0 Å². The molecule has 1 saturated heterocycles. The molecule has 0 aromatic heterocycles. The van der Waals surface area contributed by atoms with Crippen LogP contribution in [0.5, 0.6) is 5.75 Å². The highest BCUT2D eigenvalue weighted by Gasteiger charge is 2.25. The van der Waals surface area contributed by atoms with Gasteiger partial charge in [-0.05, 0) is 31.4 Å². The predicted molar refractivity (Wildman–Crippen MR) is 73.4 cm³/mol. The Morgan fingerprint density at radius 2 is 2.37 bits per heavy atom. The van der Waals surface area contributed by atoms with Crippen LogP contribution in [0.4, 0.5) is 10.5 Å². The lowest BCUT2D eigenvalue weighted by atomic mass is 10.0. The van der Waals surface area contributed by atoms with Gasteiger partial charge in [0.15, 0.2) is 0 Å². The van der Waals surface area contributed by atoms with Gasteiger partial charge in [-0.3, -0.25) is 0 Å². The fourth-order valence-corrected chi connectivity index (χ4v) is 2.35. The Morgan fingerprint density at radius 1 is 1.53 bits per heavy atom. The van der Waals surface area contributed by atoms with Gasteiger partial charge in [0.25, 0.3) is 0 Å². The first-order chi connectivity index (χ1) is 9.24. The van der Waals surface area contributed by atoms with E-state index in [9.17, 15) is 9.90 Å². The molecule has 1 aromatic carbocycles. The summed E-state index contributed by atoms with van der Waals surface area (Å²) in [6, 6.07) is 7.02. The molecular formula is C14H20N2O3. The number of urea groups is 1. The normalized spacial score (nSPS) is 19.1. The molecule has 1 atom stereocenters. The number of nitrogens with one attached hydrogen (secondary N) is 1. The minimum absolute atomic E-state index is 0.0194. The van der Waals surface area contributed by atoms with E-state index in [0.29, 0.717) is 18.0 Å². The minimum atomic E-state index is -0.160. The lowest BCUT2D eigenvalue weighted by molar-refractivity contribution is 0.115. The molecule has 1 aliphatic heterocycles. The molecule has 2 N–H and O–H groups in total. The molecule has 0 radical (unpaired) electrons. The molecule has 104 valence electrons. The van der Waals surface area contributed by atoms with E-state index in [4.69, 9.17) is 4.74 Å². The molecule has 2 rings (SSSR count). The van der Waals surface area contributed by atoms with Gasteiger partial charge in [0.1, 0.15) is 5.75 Å². The SMILES string of the molecule is COc1cccc(NC(=O)N2CCCCC2CO)c1. The van der Waals surface area contributed by atoms with Crippen LogP contribution in [0.15, 0.2) is 24.3 Å². The summed E-state index contributed by atoms with van der Waals surface area (Å²) < 4.78 is 5.12. The highest BCUT2D eigenvalue weighted by atomic mass is 16.5. The van der Waals surface area contributed by atoms with Gasteiger partial charge in [0.05, 0.1) is 19.8 Å². The zero-order valence-electron chi connectivity index (χ0n) is 11.1. The van der Waals surface area contributed by atoms with Crippen molar-refractivity contribution in [3.8, 4) is 5.75 Å². The van der Waals surface area contributed by atoms with Crippen LogP contribution < -0.4 is 10.1 Å². The lowest BCUT2D eigenvalue weighted by Crippen LogP contribution is -2.47. The van der Waals surface area contributed by atoms with E-state index in [2.05, 4.69) is 5.32 Å². The molecule has 5 nitrogen and oxygen atoms in total. The number of hydrogen-bond donors (Lipinski definition) is 2. The van der Waals surface area contributed by atoms with Crippen molar-refractivity contribution in [1.82, 2.24) is 4.90 Å². The molecular weight excluding hydrogens is 244 g/mol. The van der Waals surface area contributed by atoms with Gasteiger partial charge in [-0.25, -0.2) is 4.79 Å². The molecule has 2 amide bonds. The van der Waals surface area contributed by atoms with Crippen molar-refractivity contribution in [1.29, 1.82) is 0 Å². The Morgan fingerprint density at radius 3 is 3.11 bits per heavy atom. The van der Waals surface area contributed by atoms with Crippen molar-refractivity contribution >= 4 is 11.7 Å². The van der Waals surface area contributed by atoms with Crippen molar-refractivity contribution < 1.29 is 14.6 Å². The molecule has 5 heteroatoms. The predicted octanol–water partition coefficient (Wildman–Crippen LogP) is 2.07. The van der Waals surface area contributed by atoms with E-state index in [1.54, 1.807) is 18.1 Å². The second kappa shape index (κ2) is 6.43. The average molecular weight is 264 g/mol. The molecule has 0 spiro atoms. The summed E-state index contributed by atoms with van der Waals surface area (Å²) in [5.41, 5.74) is 0.701. The van der Waals surface area contributed by atoms with E-state index in [0.717, 1.165) is 19.3 Å². The van der Waals surface area contributed by atoms with Crippen LogP contribution in [0.25, 0.3) is 0 Å². The highest BCUT2D eigenvalue weighted by molar-refractivity contribution is 5.89. The Balaban J connectivity index is 2.02. The smallest absolute Gasteiger partial charge is 0.322 e. The minimum Gasteiger partial charge on any atom is -0.497 e. The Hall–Kier alpha value is -1.75. The number of amides is 2. The first-order valence-corrected chi connectivity index (χ1v) is 6.57. The van der Waals surface area contributed by atoms with Gasteiger partial charge in [-0.1, -0.05) is 6.07 Å². The standard InChI is InChI=1S/C14H20N2O3/c1-19-13-7-4-5-11(9-13)15-14(18)16-8-3-2-6-12(16)10-17/h4-5,7,9,12,17H,2-3,6,8,10H2,1H3,(H,15,18). The summed E-state index contributed by atoms with van der Waals surface area (Å²) in [5, 5.41) is 12.2. The maximum atomic E-state index is 12.2. The summed E-state index contributed by atoms with van der Waals surface area (Å²) >= 11 is 0. The number of benzene rings is 1. The van der Waals surface area contributed by atoms with E-state index in [-0.39, 0.29) is 18.7 Å². The summed E-state index contributed by atoms with van der Waals surface area (Å²) in [6.45, 7) is 0.715. The summed E-state index contributed by atoms with van der Waals surface area (Å²) in [5.74, 6) is 0.704. The first kappa shape index (κ1) is 13.7. The molecule has 1 unspecified atom stereocenters. The molecule has 0 saturated carbocycles. The fourth-order valence-electron chi connectivity index (χ4n) is 2.35. The monoisotopic (exact) mass is 264 g/mol. The molecule has 0 aliphatic carbocycles. The van der Waals surface area contributed by atoms with Crippen LogP contribution in [-0.4, -0.2) is 42.3 Å². The molecule has 1 aromatic rings. The summed E-state index contributed by atoms with van der Waals surface area (Å²) in [4.78, 5) is 13.9. The van der Waals surface area contributed by atoms with Crippen LogP contribution in [0.1, 0.15) is 19.3 Å². The number of methoxy groups -OCH3 is 1. The van der Waals surface area contributed by atoms with Crippen molar-refractivity contribution in [2.45, 2.75) is 25.3 Å². The van der Waals surface area contributed by atoms with Crippen LogP contribution in [0, 0.1) is 0 Å². The lowest BCUT2D eigenvalue weighted by Gasteiger charge is -2.34. The largest absolute Gasteiger partial charge is 0.497 e. The third kappa shape index (κ3) is 3.38. The Bertz CT molecular complexity index is 436. The number of rotatable bonds is 3. The van der Waals surface area contributed by atoms with Crippen LogP contribution in [0.2, 0.25) is 0 Å². The van der Waals surface area contributed by atoms with Crippen molar-refractivity contribution in [3.05, 3.63) is 24.3 Å². The summed E-state index contributed by atoms with van der Waals surface area (Å²) in [6.07, 6.45) is 2.91. The van der Waals surface area contributed by atoms with E-state index in [1.165, 1.54) is 0 Å². The van der Waals surface area contributed by atoms with E-state index >= 15 is 0 Å². The fraction of sp³-hybridized carbons (Fsp3) is 0.500. The van der Waals surface area contributed by atoms with E-state index < -0.39 is 0 Å². The maximum absolute atomic E-state index is 12.2. The zero-order chi connectivity index (χ0) is 13.7. The second-order valence-electron chi connectivity index (χ2n) is 4.69. The van der Waals surface area contributed by atoms with Crippen molar-refractivity contribution in [2.75, 3.05) is 25.6 Å². The zero-order valence-corrected chi connectivity index (χ0v) is 11.1. The van der Waals surface area contributed by atoms with Gasteiger partial charge in [-0.15, -0.1) is 0 Å². The molecule has 1 fully saturated rings. The van der Waals surface area contributed by atoms with Crippen LogP contribution in [-0.2, 0) is 0 Å². The third-order valence-corrected chi connectivity index (χ3v) is 3.42. The van der Waals surface area contributed by atoms with E-state index in [1.807, 2.05) is 18.2 Å². The number of likely N-dealkylation sites (tertiary alicyclic amines) is 1. The number of hydrogen-bond acceptors (Lipinski definition) is 3. The number of aliphatic hydroxyl groups excluding tert-OH is 1. The number of carbonyl (C=O) groups is 1. The molecule has 1 aliphatic rings.